The number of rotatable bonds is 7. The molecule has 0 radical (unpaired) electrons. The number of nitrogens with zero attached hydrogens (tertiary/aromatic N) is 1. The van der Waals surface area contributed by atoms with E-state index in [9.17, 15) is 4.79 Å². The number of carboxylic acids is 1. The Morgan fingerprint density at radius 2 is 1.79 bits per heavy atom. The fraction of sp³-hybridized carbons (Fsp3) is 0.154. The van der Waals surface area contributed by atoms with Crippen LogP contribution in [0, 0.1) is 0 Å². The van der Waals surface area contributed by atoms with Crippen molar-refractivity contribution < 1.29 is 14.6 Å². The van der Waals surface area contributed by atoms with Crippen molar-refractivity contribution in [3.8, 4) is 17.0 Å². The first-order valence-electron chi connectivity index (χ1n) is 10.5. The molecule has 3 aromatic carbocycles. The highest BCUT2D eigenvalue weighted by Gasteiger charge is 2.26. The molecule has 0 saturated carbocycles. The van der Waals surface area contributed by atoms with E-state index < -0.39 is 5.97 Å². The van der Waals surface area contributed by atoms with Gasteiger partial charge in [0.15, 0.2) is 10.9 Å². The van der Waals surface area contributed by atoms with E-state index in [0.29, 0.717) is 5.75 Å². The molecular weight excluding hydrogens is 474 g/mol. The van der Waals surface area contributed by atoms with Crippen LogP contribution in [0.4, 0.5) is 0 Å². The minimum Gasteiger partial charge on any atom is -0.482 e. The molecule has 1 heterocycles. The molecular formula is C26H20ClNO3S2. The third-order valence-electron chi connectivity index (χ3n) is 5.51. The average molecular weight is 494 g/mol. The van der Waals surface area contributed by atoms with Crippen molar-refractivity contribution >= 4 is 40.7 Å². The molecule has 1 atom stereocenters. The molecule has 1 aromatic heterocycles. The molecule has 1 aliphatic carbocycles. The molecule has 1 N–H and O–H groups in total. The second kappa shape index (κ2) is 9.59. The van der Waals surface area contributed by atoms with Gasteiger partial charge in [0.1, 0.15) is 5.75 Å². The van der Waals surface area contributed by atoms with Crippen LogP contribution in [0.1, 0.15) is 26.8 Å². The van der Waals surface area contributed by atoms with E-state index >= 15 is 0 Å². The van der Waals surface area contributed by atoms with Gasteiger partial charge >= 0.3 is 5.97 Å². The summed E-state index contributed by atoms with van der Waals surface area (Å²) in [5, 5.41) is 9.80. The monoisotopic (exact) mass is 493 g/mol. The summed E-state index contributed by atoms with van der Waals surface area (Å²) < 4.78 is 6.55. The number of benzene rings is 3. The molecule has 7 heteroatoms. The Labute approximate surface area is 205 Å². The van der Waals surface area contributed by atoms with E-state index in [1.807, 2.05) is 36.4 Å². The zero-order valence-electron chi connectivity index (χ0n) is 17.5. The Hall–Kier alpha value is -2.80. The number of aromatic nitrogens is 1. The number of halogens is 1. The van der Waals surface area contributed by atoms with Gasteiger partial charge in [0, 0.05) is 21.0 Å². The summed E-state index contributed by atoms with van der Waals surface area (Å²) >= 11 is 9.61. The fourth-order valence-corrected chi connectivity index (χ4v) is 6.66. The second-order valence-corrected chi connectivity index (χ2v) is 10.5. The first-order chi connectivity index (χ1) is 16.1. The van der Waals surface area contributed by atoms with Crippen LogP contribution >= 0.6 is 34.7 Å². The zero-order valence-corrected chi connectivity index (χ0v) is 19.9. The maximum atomic E-state index is 11.0. The summed E-state index contributed by atoms with van der Waals surface area (Å²) in [5.74, 6) is -0.350. The number of fused-ring (bicyclic) bond motifs is 3. The lowest BCUT2D eigenvalue weighted by atomic mass is 9.93. The number of hydrogen-bond acceptors (Lipinski definition) is 5. The SMILES string of the molecule is O=C(O)COc1cccc2c1CCc1sc(SC(c3ccccc3)c3ccc(Cl)cc3)nc1-2. The summed E-state index contributed by atoms with van der Waals surface area (Å²) in [7, 11) is 0. The predicted molar refractivity (Wildman–Crippen MR) is 134 cm³/mol. The second-order valence-electron chi connectivity index (χ2n) is 7.68. The molecule has 166 valence electrons. The summed E-state index contributed by atoms with van der Waals surface area (Å²) in [4.78, 5) is 17.2. The van der Waals surface area contributed by atoms with Gasteiger partial charge < -0.3 is 9.84 Å². The number of thioether (sulfide) groups is 1. The van der Waals surface area contributed by atoms with Crippen LogP contribution in [0.3, 0.4) is 0 Å². The van der Waals surface area contributed by atoms with Gasteiger partial charge in [-0.25, -0.2) is 9.78 Å². The summed E-state index contributed by atoms with van der Waals surface area (Å²) in [6.07, 6.45) is 1.68. The first-order valence-corrected chi connectivity index (χ1v) is 12.6. The Balaban J connectivity index is 1.48. The van der Waals surface area contributed by atoms with Crippen LogP contribution in [-0.4, -0.2) is 22.7 Å². The van der Waals surface area contributed by atoms with Gasteiger partial charge in [0.2, 0.25) is 0 Å². The number of hydrogen-bond donors (Lipinski definition) is 1. The first kappa shape index (κ1) is 22.0. The van der Waals surface area contributed by atoms with Gasteiger partial charge in [-0.15, -0.1) is 11.3 Å². The summed E-state index contributed by atoms with van der Waals surface area (Å²) in [6.45, 7) is -0.346. The van der Waals surface area contributed by atoms with Crippen molar-refractivity contribution in [2.24, 2.45) is 0 Å². The molecule has 5 rings (SSSR count). The van der Waals surface area contributed by atoms with E-state index in [2.05, 4.69) is 36.4 Å². The van der Waals surface area contributed by atoms with Gasteiger partial charge in [0.05, 0.1) is 10.9 Å². The minimum atomic E-state index is -0.981. The fourth-order valence-electron chi connectivity index (χ4n) is 4.01. The van der Waals surface area contributed by atoms with Crippen LogP contribution in [-0.2, 0) is 17.6 Å². The van der Waals surface area contributed by atoms with Gasteiger partial charge in [-0.2, -0.15) is 0 Å². The molecule has 0 aliphatic heterocycles. The molecule has 0 bridgehead atoms. The van der Waals surface area contributed by atoms with Crippen LogP contribution in [0.2, 0.25) is 5.02 Å². The molecule has 0 fully saturated rings. The lowest BCUT2D eigenvalue weighted by molar-refractivity contribution is -0.139. The van der Waals surface area contributed by atoms with Crippen LogP contribution < -0.4 is 4.74 Å². The van der Waals surface area contributed by atoms with Crippen LogP contribution in [0.5, 0.6) is 5.75 Å². The largest absolute Gasteiger partial charge is 0.482 e. The van der Waals surface area contributed by atoms with Crippen molar-refractivity contribution in [3.63, 3.8) is 0 Å². The topological polar surface area (TPSA) is 59.4 Å². The van der Waals surface area contributed by atoms with Gasteiger partial charge in [-0.3, -0.25) is 0 Å². The summed E-state index contributed by atoms with van der Waals surface area (Å²) in [6, 6.07) is 24.2. The van der Waals surface area contributed by atoms with Crippen LogP contribution in [0.25, 0.3) is 11.3 Å². The lowest BCUT2D eigenvalue weighted by Crippen LogP contribution is -2.12. The Kier molecular flexibility index (Phi) is 6.40. The highest BCUT2D eigenvalue weighted by molar-refractivity contribution is 8.01. The maximum Gasteiger partial charge on any atom is 0.341 e. The number of aliphatic carboxylic acids is 1. The Morgan fingerprint density at radius 1 is 1.03 bits per heavy atom. The van der Waals surface area contributed by atoms with Crippen molar-refractivity contribution in [1.82, 2.24) is 4.98 Å². The van der Waals surface area contributed by atoms with E-state index in [-0.39, 0.29) is 11.9 Å². The number of ether oxygens (including phenoxy) is 1. The van der Waals surface area contributed by atoms with E-state index in [4.69, 9.17) is 26.4 Å². The molecule has 33 heavy (non-hydrogen) atoms. The van der Waals surface area contributed by atoms with Gasteiger partial charge in [-0.05, 0) is 42.2 Å². The minimum absolute atomic E-state index is 0.0979. The normalized spacial score (nSPS) is 13.1. The van der Waals surface area contributed by atoms with E-state index in [1.165, 1.54) is 16.0 Å². The Morgan fingerprint density at radius 3 is 2.55 bits per heavy atom. The van der Waals surface area contributed by atoms with E-state index in [1.54, 1.807) is 23.1 Å². The molecule has 0 spiro atoms. The highest BCUT2D eigenvalue weighted by Crippen LogP contribution is 2.47. The number of thiazole rings is 1. The van der Waals surface area contributed by atoms with Gasteiger partial charge in [-0.1, -0.05) is 78.0 Å². The molecule has 1 unspecified atom stereocenters. The third-order valence-corrected chi connectivity index (χ3v) is 8.29. The standard InChI is InChI=1S/C26H20ClNO3S2/c27-18-11-9-17(10-12-18)25(16-5-2-1-3-6-16)33-26-28-24-20-7-4-8-21(31-15-23(29)30)19(20)13-14-22(24)32-26/h1-12,25H,13-15H2,(H,29,30). The quantitative estimate of drug-likeness (QED) is 0.283. The van der Waals surface area contributed by atoms with Crippen molar-refractivity contribution in [2.45, 2.75) is 22.4 Å². The van der Waals surface area contributed by atoms with E-state index in [0.717, 1.165) is 39.0 Å². The molecule has 0 amide bonds. The van der Waals surface area contributed by atoms with Crippen molar-refractivity contribution in [3.05, 3.63) is 99.4 Å². The third kappa shape index (κ3) is 4.78. The molecule has 1 aliphatic rings. The zero-order chi connectivity index (χ0) is 22.8. The smallest absolute Gasteiger partial charge is 0.341 e. The summed E-state index contributed by atoms with van der Waals surface area (Å²) in [5.41, 5.74) is 5.43. The molecule has 0 saturated heterocycles. The maximum absolute atomic E-state index is 11.0. The number of carboxylic acid groups (broad SMARTS) is 1. The number of aryl methyl sites for hydroxylation is 1. The highest BCUT2D eigenvalue weighted by atomic mass is 35.5. The Bertz CT molecular complexity index is 1290. The average Bonchev–Trinajstić information content (AvgIpc) is 3.25. The lowest BCUT2D eigenvalue weighted by Gasteiger charge is -2.18. The molecule has 4 nitrogen and oxygen atoms in total. The van der Waals surface area contributed by atoms with Crippen LogP contribution in [0.15, 0.2) is 77.1 Å². The number of carbonyl (C=O) groups is 1. The van der Waals surface area contributed by atoms with Gasteiger partial charge in [0.25, 0.3) is 0 Å². The molecule has 4 aromatic rings. The van der Waals surface area contributed by atoms with Crippen molar-refractivity contribution in [2.75, 3.05) is 6.61 Å². The van der Waals surface area contributed by atoms with Crippen molar-refractivity contribution in [1.29, 1.82) is 0 Å². The predicted octanol–water partition coefficient (Wildman–Crippen LogP) is 6.91.